The lowest BCUT2D eigenvalue weighted by Crippen LogP contribution is -2.33. The smallest absolute Gasteiger partial charge is 0.324 e. The minimum Gasteiger partial charge on any atom is -0.443 e. The molecular formula is C23H30N4O4S. The second kappa shape index (κ2) is 10.2. The number of nitrogens with zero attached hydrogens (tertiary/aromatic N) is 2. The lowest BCUT2D eigenvalue weighted by atomic mass is 9.92. The molecule has 1 aliphatic rings. The molecule has 8 nitrogen and oxygen atoms in total. The van der Waals surface area contributed by atoms with Gasteiger partial charge >= 0.3 is 5.97 Å². The summed E-state index contributed by atoms with van der Waals surface area (Å²) in [7, 11) is 0. The van der Waals surface area contributed by atoms with Gasteiger partial charge in [0, 0.05) is 29.2 Å². The van der Waals surface area contributed by atoms with Gasteiger partial charge in [0.1, 0.15) is 6.04 Å². The highest BCUT2D eigenvalue weighted by molar-refractivity contribution is 7.07. The third-order valence-corrected chi connectivity index (χ3v) is 5.78. The predicted octanol–water partition coefficient (Wildman–Crippen LogP) is 3.23. The molecule has 172 valence electrons. The summed E-state index contributed by atoms with van der Waals surface area (Å²) in [6.45, 7) is 8.68. The number of carbonyl (C=O) groups is 3. The zero-order chi connectivity index (χ0) is 23.3. The summed E-state index contributed by atoms with van der Waals surface area (Å²) >= 11 is 1.29. The van der Waals surface area contributed by atoms with Crippen molar-refractivity contribution in [3.8, 4) is 0 Å². The van der Waals surface area contributed by atoms with E-state index in [1.807, 2.05) is 27.7 Å². The van der Waals surface area contributed by atoms with E-state index < -0.39 is 5.91 Å². The van der Waals surface area contributed by atoms with Crippen molar-refractivity contribution in [2.75, 3.05) is 11.9 Å². The maximum absolute atomic E-state index is 12.7. The Morgan fingerprint density at radius 1 is 1.31 bits per heavy atom. The number of nitrogens with one attached hydrogen (secondary N) is 2. The third kappa shape index (κ3) is 6.61. The average molecular weight is 459 g/mol. The van der Waals surface area contributed by atoms with Gasteiger partial charge in [-0.2, -0.15) is 4.99 Å². The molecule has 1 aliphatic heterocycles. The van der Waals surface area contributed by atoms with Crippen molar-refractivity contribution in [1.82, 2.24) is 9.88 Å². The molecule has 1 aromatic heterocycles. The number of ether oxygens (including phenoxy) is 1. The molecule has 2 aromatic rings. The minimum absolute atomic E-state index is 0.00437. The van der Waals surface area contributed by atoms with Crippen LogP contribution < -0.4 is 15.4 Å². The number of aromatic nitrogens is 1. The van der Waals surface area contributed by atoms with Crippen LogP contribution >= 0.6 is 11.3 Å². The van der Waals surface area contributed by atoms with E-state index in [-0.39, 0.29) is 30.1 Å². The van der Waals surface area contributed by atoms with Crippen molar-refractivity contribution in [3.63, 3.8) is 0 Å². The Hall–Kier alpha value is -2.78. The number of benzene rings is 1. The van der Waals surface area contributed by atoms with Crippen LogP contribution in [0.15, 0.2) is 34.8 Å². The third-order valence-electron chi connectivity index (χ3n) is 4.99. The van der Waals surface area contributed by atoms with Gasteiger partial charge in [-0.15, -0.1) is 11.3 Å². The largest absolute Gasteiger partial charge is 0.443 e. The molecule has 2 amide bonds. The van der Waals surface area contributed by atoms with E-state index in [1.165, 1.54) is 11.3 Å². The molecule has 1 atom stereocenters. The maximum atomic E-state index is 12.7. The summed E-state index contributed by atoms with van der Waals surface area (Å²) in [5.41, 5.74) is 1.77. The molecule has 9 heteroatoms. The second-order valence-corrected chi connectivity index (χ2v) is 10.0. The van der Waals surface area contributed by atoms with Crippen LogP contribution in [0.25, 0.3) is 0 Å². The molecule has 0 radical (unpaired) electrons. The van der Waals surface area contributed by atoms with Gasteiger partial charge in [0.05, 0.1) is 0 Å². The summed E-state index contributed by atoms with van der Waals surface area (Å²) in [5, 5.41) is 7.79. The van der Waals surface area contributed by atoms with E-state index in [2.05, 4.69) is 15.6 Å². The summed E-state index contributed by atoms with van der Waals surface area (Å²) in [4.78, 5) is 41.6. The van der Waals surface area contributed by atoms with Gasteiger partial charge in [-0.1, -0.05) is 20.8 Å². The number of esters is 1. The molecule has 0 unspecified atom stereocenters. The summed E-state index contributed by atoms with van der Waals surface area (Å²) in [6, 6.07) is 4.82. The van der Waals surface area contributed by atoms with Crippen LogP contribution in [-0.4, -0.2) is 34.9 Å². The van der Waals surface area contributed by atoms with E-state index in [9.17, 15) is 14.4 Å². The summed E-state index contributed by atoms with van der Waals surface area (Å²) in [6.07, 6.45) is 3.86. The van der Waals surface area contributed by atoms with Crippen LogP contribution in [0, 0.1) is 12.3 Å². The molecule has 1 fully saturated rings. The molecule has 2 N–H and O–H groups in total. The SMILES string of the molecule is Cc1cc(C(=O)/N=c2\sccn2COC(=O)[C@@H]2CCCN2)ccc1NC(=O)CC(C)(C)C. The monoisotopic (exact) mass is 458 g/mol. The van der Waals surface area contributed by atoms with E-state index in [0.29, 0.717) is 22.5 Å². The lowest BCUT2D eigenvalue weighted by Gasteiger charge is -2.18. The van der Waals surface area contributed by atoms with Crippen LogP contribution in [0.2, 0.25) is 0 Å². The molecule has 0 aliphatic carbocycles. The summed E-state index contributed by atoms with van der Waals surface area (Å²) in [5.74, 6) is -0.759. The Labute approximate surface area is 191 Å². The summed E-state index contributed by atoms with van der Waals surface area (Å²) < 4.78 is 6.99. The fraction of sp³-hybridized carbons (Fsp3) is 0.478. The van der Waals surface area contributed by atoms with Crippen LogP contribution in [0.4, 0.5) is 5.69 Å². The number of hydrogen-bond acceptors (Lipinski definition) is 6. The first-order chi connectivity index (χ1) is 15.1. The van der Waals surface area contributed by atoms with Gasteiger partial charge < -0.3 is 15.4 Å². The standard InChI is InChI=1S/C23H30N4O4S/c1-15-12-16(7-8-17(15)25-19(28)13-23(2,3)4)20(29)26-22-27(10-11-32-22)14-31-21(30)18-6-5-9-24-18/h7-8,10-12,18,24H,5-6,9,13-14H2,1-4H3,(H,25,28)/b26-22-/t18-/m0/s1. The van der Waals surface area contributed by atoms with Gasteiger partial charge in [-0.3, -0.25) is 19.0 Å². The fourth-order valence-electron chi connectivity index (χ4n) is 3.37. The molecular weight excluding hydrogens is 428 g/mol. The average Bonchev–Trinajstić information content (AvgIpc) is 3.38. The van der Waals surface area contributed by atoms with E-state index in [1.54, 1.807) is 34.3 Å². The molecule has 3 rings (SSSR count). The number of rotatable bonds is 6. The quantitative estimate of drug-likeness (QED) is 0.647. The Morgan fingerprint density at radius 3 is 2.75 bits per heavy atom. The van der Waals surface area contributed by atoms with Gasteiger partial charge in [-0.25, -0.2) is 0 Å². The highest BCUT2D eigenvalue weighted by Crippen LogP contribution is 2.22. The molecule has 0 saturated carbocycles. The Morgan fingerprint density at radius 2 is 2.09 bits per heavy atom. The first kappa shape index (κ1) is 23.9. The molecule has 0 bridgehead atoms. The van der Waals surface area contributed by atoms with E-state index in [4.69, 9.17) is 4.74 Å². The second-order valence-electron chi connectivity index (χ2n) is 9.13. The van der Waals surface area contributed by atoms with Crippen molar-refractivity contribution in [3.05, 3.63) is 45.7 Å². The number of thiazole rings is 1. The van der Waals surface area contributed by atoms with E-state index >= 15 is 0 Å². The predicted molar refractivity (Wildman–Crippen MR) is 123 cm³/mol. The number of carbonyl (C=O) groups excluding carboxylic acids is 3. The Kier molecular flexibility index (Phi) is 7.63. The van der Waals surface area contributed by atoms with E-state index in [0.717, 1.165) is 24.9 Å². The van der Waals surface area contributed by atoms with Crippen LogP contribution in [0.3, 0.4) is 0 Å². The van der Waals surface area contributed by atoms with Crippen molar-refractivity contribution in [2.24, 2.45) is 10.4 Å². The Balaban J connectivity index is 1.66. The molecule has 0 spiro atoms. The molecule has 2 heterocycles. The number of aryl methyl sites for hydroxylation is 1. The lowest BCUT2D eigenvalue weighted by molar-refractivity contribution is -0.149. The van der Waals surface area contributed by atoms with Crippen molar-refractivity contribution in [1.29, 1.82) is 0 Å². The van der Waals surface area contributed by atoms with Crippen LogP contribution in [0.5, 0.6) is 0 Å². The van der Waals surface area contributed by atoms with Crippen LogP contribution in [0.1, 0.15) is 56.0 Å². The molecule has 32 heavy (non-hydrogen) atoms. The fourth-order valence-corrected chi connectivity index (χ4v) is 4.08. The van der Waals surface area contributed by atoms with Crippen molar-refractivity contribution < 1.29 is 19.1 Å². The first-order valence-corrected chi connectivity index (χ1v) is 11.5. The number of anilines is 1. The van der Waals surface area contributed by atoms with Gasteiger partial charge in [-0.05, 0) is 55.5 Å². The van der Waals surface area contributed by atoms with Gasteiger partial charge in [0.2, 0.25) is 5.91 Å². The number of hydrogen-bond donors (Lipinski definition) is 2. The topological polar surface area (TPSA) is 102 Å². The van der Waals surface area contributed by atoms with Gasteiger partial charge in [0.15, 0.2) is 11.5 Å². The molecule has 1 aromatic carbocycles. The number of amides is 2. The molecule has 1 saturated heterocycles. The zero-order valence-electron chi connectivity index (χ0n) is 18.9. The highest BCUT2D eigenvalue weighted by atomic mass is 32.1. The first-order valence-electron chi connectivity index (χ1n) is 10.7. The highest BCUT2D eigenvalue weighted by Gasteiger charge is 2.23. The minimum atomic E-state index is -0.402. The zero-order valence-corrected chi connectivity index (χ0v) is 19.8. The van der Waals surface area contributed by atoms with Crippen molar-refractivity contribution >= 4 is 34.8 Å². The normalized spacial score (nSPS) is 16.8. The van der Waals surface area contributed by atoms with Crippen LogP contribution in [-0.2, 0) is 21.1 Å². The van der Waals surface area contributed by atoms with Gasteiger partial charge in [0.25, 0.3) is 5.91 Å². The Bertz CT molecular complexity index is 1060. The maximum Gasteiger partial charge on any atom is 0.324 e. The van der Waals surface area contributed by atoms with Crippen molar-refractivity contribution in [2.45, 2.75) is 59.7 Å².